The Kier molecular flexibility index (Phi) is 6.74. The normalized spacial score (nSPS) is 11.0. The zero-order valence-electron chi connectivity index (χ0n) is 15.6. The molecule has 12 nitrogen and oxygen atoms in total. The number of nitrogen functional groups attached to an aromatic ring is 1. The Morgan fingerprint density at radius 2 is 1.68 bits per heavy atom. The summed E-state index contributed by atoms with van der Waals surface area (Å²) in [7, 11) is -4.73. The lowest BCUT2D eigenvalue weighted by molar-refractivity contribution is -0.110. The molecular formula is C17H16N6O6S2. The fourth-order valence-corrected chi connectivity index (χ4v) is 3.29. The molecule has 3 aromatic rings. The van der Waals surface area contributed by atoms with E-state index in [1.165, 1.54) is 0 Å². The Hall–Kier alpha value is -3.62. The molecular weight excluding hydrogens is 448 g/mol. The summed E-state index contributed by atoms with van der Waals surface area (Å²) in [6.07, 6.45) is 0. The highest BCUT2D eigenvalue weighted by Crippen LogP contribution is 2.22. The highest BCUT2D eigenvalue weighted by molar-refractivity contribution is 8.05. The van der Waals surface area contributed by atoms with E-state index in [1.807, 2.05) is 0 Å². The smallest absolute Gasteiger partial charge is 0.351 e. The predicted octanol–water partition coefficient (Wildman–Crippen LogP) is 1.68. The van der Waals surface area contributed by atoms with Crippen LogP contribution in [0.2, 0.25) is 0 Å². The van der Waals surface area contributed by atoms with Gasteiger partial charge in [0.2, 0.25) is 11.9 Å². The van der Waals surface area contributed by atoms with Gasteiger partial charge in [-0.2, -0.15) is 18.4 Å². The van der Waals surface area contributed by atoms with Crippen LogP contribution in [0.25, 0.3) is 0 Å². The molecule has 0 aliphatic heterocycles. The number of benzene rings is 2. The molecule has 0 bridgehead atoms. The Morgan fingerprint density at radius 1 is 1.06 bits per heavy atom. The lowest BCUT2D eigenvalue weighted by Crippen LogP contribution is -2.16. The minimum absolute atomic E-state index is 0.0795. The van der Waals surface area contributed by atoms with Crippen LogP contribution >= 0.6 is 12.0 Å². The number of aromatic nitrogens is 3. The van der Waals surface area contributed by atoms with E-state index in [0.717, 1.165) is 0 Å². The van der Waals surface area contributed by atoms with Gasteiger partial charge in [-0.1, -0.05) is 0 Å². The van der Waals surface area contributed by atoms with E-state index in [2.05, 4.69) is 25.6 Å². The van der Waals surface area contributed by atoms with E-state index < -0.39 is 26.7 Å². The van der Waals surface area contributed by atoms with Crippen molar-refractivity contribution in [2.75, 3.05) is 22.1 Å². The van der Waals surface area contributed by atoms with E-state index >= 15 is 0 Å². The van der Waals surface area contributed by atoms with Crippen molar-refractivity contribution in [3.63, 3.8) is 0 Å². The van der Waals surface area contributed by atoms with Gasteiger partial charge in [0.25, 0.3) is 5.12 Å². The fourth-order valence-electron chi connectivity index (χ4n) is 2.15. The molecule has 14 heteroatoms. The maximum atomic E-state index is 11.8. The second kappa shape index (κ2) is 9.46. The van der Waals surface area contributed by atoms with Crippen LogP contribution in [-0.4, -0.2) is 38.8 Å². The second-order valence-corrected chi connectivity index (χ2v) is 8.01. The fraction of sp³-hybridized carbons (Fsp3) is 0.0588. The number of nitrogens with two attached hydrogens (primary N) is 1. The van der Waals surface area contributed by atoms with Crippen molar-refractivity contribution >= 4 is 56.2 Å². The van der Waals surface area contributed by atoms with E-state index in [9.17, 15) is 18.0 Å². The van der Waals surface area contributed by atoms with Crippen molar-refractivity contribution in [3.05, 3.63) is 59.0 Å². The average Bonchev–Trinajstić information content (AvgIpc) is 2.70. The molecule has 1 aromatic heterocycles. The standard InChI is InChI=1S/C17H16N6O6S2/c18-10-1-3-11(4-2-10)19-15-21-16(23-17(25)22-15)20-12-5-7-13(8-6-12)29-30-9-14(24)31(26,27)28/h1-8H,9,18H2,(H,26,27,28)(H3,19,20,21,22,23,25). The Bertz CT molecular complexity index is 1230. The minimum Gasteiger partial charge on any atom is -0.425 e. The highest BCUT2D eigenvalue weighted by Gasteiger charge is 2.18. The summed E-state index contributed by atoms with van der Waals surface area (Å²) in [5, 5.41) is 4.45. The quantitative estimate of drug-likeness (QED) is 0.184. The van der Waals surface area contributed by atoms with Gasteiger partial charge in [0.15, 0.2) is 0 Å². The van der Waals surface area contributed by atoms with Gasteiger partial charge in [-0.25, -0.2) is 4.79 Å². The van der Waals surface area contributed by atoms with Crippen LogP contribution in [0.5, 0.6) is 5.75 Å². The molecule has 0 aliphatic carbocycles. The Morgan fingerprint density at radius 3 is 2.32 bits per heavy atom. The van der Waals surface area contributed by atoms with Gasteiger partial charge in [0.05, 0.1) is 12.0 Å². The van der Waals surface area contributed by atoms with Crippen LogP contribution in [0, 0.1) is 0 Å². The van der Waals surface area contributed by atoms with Crippen LogP contribution in [0.3, 0.4) is 0 Å². The van der Waals surface area contributed by atoms with Crippen LogP contribution < -0.4 is 26.2 Å². The number of rotatable bonds is 8. The number of nitrogens with one attached hydrogen (secondary N) is 3. The van der Waals surface area contributed by atoms with Gasteiger partial charge >= 0.3 is 15.8 Å². The molecule has 1 heterocycles. The molecule has 2 aromatic carbocycles. The van der Waals surface area contributed by atoms with Crippen molar-refractivity contribution in [2.24, 2.45) is 0 Å². The van der Waals surface area contributed by atoms with Gasteiger partial charge in [-0.15, -0.1) is 0 Å². The molecule has 0 fully saturated rings. The molecule has 0 radical (unpaired) electrons. The van der Waals surface area contributed by atoms with E-state index in [4.69, 9.17) is 14.5 Å². The average molecular weight is 464 g/mol. The Labute approximate surface area is 180 Å². The molecule has 31 heavy (non-hydrogen) atoms. The molecule has 0 unspecified atom stereocenters. The van der Waals surface area contributed by atoms with Gasteiger partial charge < -0.3 is 20.6 Å². The van der Waals surface area contributed by atoms with Crippen LogP contribution in [-0.2, 0) is 14.9 Å². The van der Waals surface area contributed by atoms with Crippen molar-refractivity contribution in [3.8, 4) is 5.75 Å². The Balaban J connectivity index is 1.62. The van der Waals surface area contributed by atoms with E-state index in [1.54, 1.807) is 48.5 Å². The maximum absolute atomic E-state index is 11.8. The third-order valence-corrected chi connectivity index (χ3v) is 5.15. The first kappa shape index (κ1) is 22.1. The van der Waals surface area contributed by atoms with Crippen LogP contribution in [0.15, 0.2) is 53.3 Å². The topological polar surface area (TPSA) is 189 Å². The minimum atomic E-state index is -4.73. The first-order valence-corrected chi connectivity index (χ1v) is 10.8. The first-order valence-electron chi connectivity index (χ1n) is 8.47. The summed E-state index contributed by atoms with van der Waals surface area (Å²) >= 11 is 0.563. The molecule has 0 amide bonds. The second-order valence-electron chi connectivity index (χ2n) is 5.91. The molecule has 0 saturated carbocycles. The number of aromatic amines is 1. The third-order valence-electron chi connectivity index (χ3n) is 3.55. The largest absolute Gasteiger partial charge is 0.425 e. The molecule has 0 atom stereocenters. The first-order chi connectivity index (χ1) is 14.7. The summed E-state index contributed by atoms with van der Waals surface area (Å²) < 4.78 is 35.1. The van der Waals surface area contributed by atoms with Crippen LogP contribution in [0.4, 0.5) is 29.0 Å². The molecule has 0 spiro atoms. The van der Waals surface area contributed by atoms with Gasteiger partial charge in [-0.3, -0.25) is 14.3 Å². The van der Waals surface area contributed by atoms with Gasteiger partial charge in [-0.05, 0) is 48.5 Å². The van der Waals surface area contributed by atoms with E-state index in [0.29, 0.717) is 34.9 Å². The maximum Gasteiger partial charge on any atom is 0.351 e. The van der Waals surface area contributed by atoms with Crippen molar-refractivity contribution in [1.29, 1.82) is 0 Å². The number of H-pyrrole nitrogens is 1. The van der Waals surface area contributed by atoms with E-state index in [-0.39, 0.29) is 11.9 Å². The highest BCUT2D eigenvalue weighted by atomic mass is 32.2. The molecule has 0 aliphatic rings. The lowest BCUT2D eigenvalue weighted by atomic mass is 10.3. The number of carbonyl (C=O) groups is 1. The van der Waals surface area contributed by atoms with Crippen molar-refractivity contribution in [1.82, 2.24) is 15.0 Å². The molecule has 0 saturated heterocycles. The number of nitrogens with zero attached hydrogens (tertiary/aromatic N) is 2. The van der Waals surface area contributed by atoms with Crippen molar-refractivity contribution in [2.45, 2.75) is 0 Å². The predicted molar refractivity (Wildman–Crippen MR) is 116 cm³/mol. The molecule has 162 valence electrons. The summed E-state index contributed by atoms with van der Waals surface area (Å²) in [6, 6.07) is 13.1. The molecule has 3 rings (SSSR count). The number of anilines is 5. The third kappa shape index (κ3) is 6.70. The SMILES string of the molecule is Nc1ccc(Nc2nc(Nc3ccc(OSCC(=O)S(=O)(=O)O)cc3)[nH]c(=O)n2)cc1. The molecule has 6 N–H and O–H groups in total. The van der Waals surface area contributed by atoms with Gasteiger partial charge in [0.1, 0.15) is 11.5 Å². The summed E-state index contributed by atoms with van der Waals surface area (Å²) in [5.41, 5.74) is 6.82. The summed E-state index contributed by atoms with van der Waals surface area (Å²) in [6.45, 7) is 0. The summed E-state index contributed by atoms with van der Waals surface area (Å²) in [5.74, 6) is -0.0127. The zero-order chi connectivity index (χ0) is 22.4. The monoisotopic (exact) mass is 464 g/mol. The lowest BCUT2D eigenvalue weighted by Gasteiger charge is -2.09. The zero-order valence-corrected chi connectivity index (χ0v) is 17.2. The summed E-state index contributed by atoms with van der Waals surface area (Å²) in [4.78, 5) is 33.3. The number of hydrogen-bond donors (Lipinski definition) is 5. The van der Waals surface area contributed by atoms with Gasteiger partial charge in [0, 0.05) is 17.1 Å². The van der Waals surface area contributed by atoms with Crippen molar-refractivity contribution < 1.29 is 21.9 Å². The number of carbonyl (C=O) groups excluding carboxylic acids is 1. The number of hydrogen-bond acceptors (Lipinski definition) is 11. The van der Waals surface area contributed by atoms with Crippen LogP contribution in [0.1, 0.15) is 0 Å².